The van der Waals surface area contributed by atoms with Crippen LogP contribution in [0.25, 0.3) is 0 Å². The molecule has 1 N–H and O–H groups in total. The van der Waals surface area contributed by atoms with Gasteiger partial charge in [-0.15, -0.1) is 0 Å². The van der Waals surface area contributed by atoms with Crippen LogP contribution in [-0.2, 0) is 9.59 Å². The summed E-state index contributed by atoms with van der Waals surface area (Å²) in [4.78, 5) is 26.2. The molecule has 1 heterocycles. The smallest absolute Gasteiger partial charge is 0.229 e. The summed E-state index contributed by atoms with van der Waals surface area (Å²) in [5, 5.41) is 2.84. The Kier molecular flexibility index (Phi) is 4.34. The van der Waals surface area contributed by atoms with Gasteiger partial charge in [-0.1, -0.05) is 24.4 Å². The number of carbonyl (C=O) groups is 2. The summed E-state index contributed by atoms with van der Waals surface area (Å²) in [5.41, 5.74) is 0.0983. The van der Waals surface area contributed by atoms with E-state index in [2.05, 4.69) is 5.32 Å². The lowest BCUT2D eigenvalue weighted by Crippen LogP contribution is -2.35. The van der Waals surface area contributed by atoms with Gasteiger partial charge >= 0.3 is 0 Å². The van der Waals surface area contributed by atoms with Crippen LogP contribution in [0.5, 0.6) is 0 Å². The zero-order valence-corrected chi connectivity index (χ0v) is 12.9. The first-order valence-electron chi connectivity index (χ1n) is 7.60. The molecule has 0 radical (unpaired) electrons. The molecule has 6 heteroatoms. The minimum Gasteiger partial charge on any atom is -0.339 e. The fraction of sp³-hybridized carbons (Fsp3) is 0.500. The molecule has 1 aliphatic carbocycles. The summed E-state index contributed by atoms with van der Waals surface area (Å²) in [6, 6.07) is 4.38. The van der Waals surface area contributed by atoms with Crippen LogP contribution in [0, 0.1) is 11.7 Å². The van der Waals surface area contributed by atoms with Crippen molar-refractivity contribution in [1.82, 2.24) is 4.90 Å². The molecule has 2 fully saturated rings. The molecule has 3 rings (SSSR count). The number of likely N-dealkylation sites (tertiary alicyclic amines) is 1. The minimum absolute atomic E-state index is 0.0311. The molecule has 1 aromatic carbocycles. The fourth-order valence-electron chi connectivity index (χ4n) is 3.30. The van der Waals surface area contributed by atoms with Gasteiger partial charge in [0, 0.05) is 24.0 Å². The summed E-state index contributed by atoms with van der Waals surface area (Å²) in [7, 11) is 0. The number of amides is 2. The van der Waals surface area contributed by atoms with Crippen LogP contribution in [0.2, 0.25) is 5.02 Å². The molecule has 1 saturated heterocycles. The number of nitrogens with one attached hydrogen (secondary N) is 1. The van der Waals surface area contributed by atoms with Crippen molar-refractivity contribution in [2.75, 3.05) is 11.9 Å². The molecule has 2 aliphatic rings. The monoisotopic (exact) mass is 324 g/mol. The molecule has 1 aromatic rings. The van der Waals surface area contributed by atoms with Crippen LogP contribution >= 0.6 is 11.6 Å². The van der Waals surface area contributed by atoms with E-state index >= 15 is 0 Å². The van der Waals surface area contributed by atoms with E-state index < -0.39 is 11.7 Å². The van der Waals surface area contributed by atoms with E-state index in [-0.39, 0.29) is 35.0 Å². The molecule has 0 unspecified atom stereocenters. The molecular weight excluding hydrogens is 307 g/mol. The van der Waals surface area contributed by atoms with E-state index in [0.717, 1.165) is 31.7 Å². The van der Waals surface area contributed by atoms with Gasteiger partial charge < -0.3 is 10.2 Å². The Morgan fingerprint density at radius 2 is 2.05 bits per heavy atom. The Hall–Kier alpha value is -1.62. The Balaban J connectivity index is 1.64. The van der Waals surface area contributed by atoms with E-state index in [1.807, 2.05) is 4.90 Å². The van der Waals surface area contributed by atoms with Crippen molar-refractivity contribution in [2.24, 2.45) is 5.92 Å². The molecule has 2 amide bonds. The topological polar surface area (TPSA) is 49.4 Å². The van der Waals surface area contributed by atoms with Crippen LogP contribution in [0.1, 0.15) is 32.1 Å². The van der Waals surface area contributed by atoms with Crippen molar-refractivity contribution in [3.05, 3.63) is 29.0 Å². The number of rotatable bonds is 3. The summed E-state index contributed by atoms with van der Waals surface area (Å²) in [6.45, 7) is 0.435. The van der Waals surface area contributed by atoms with Crippen molar-refractivity contribution in [1.29, 1.82) is 0 Å². The largest absolute Gasteiger partial charge is 0.339 e. The third-order valence-corrected chi connectivity index (χ3v) is 4.72. The fourth-order valence-corrected chi connectivity index (χ4v) is 3.46. The first kappa shape index (κ1) is 15.3. The van der Waals surface area contributed by atoms with Crippen LogP contribution < -0.4 is 5.32 Å². The van der Waals surface area contributed by atoms with Crippen molar-refractivity contribution in [2.45, 2.75) is 38.1 Å². The van der Waals surface area contributed by atoms with E-state index in [1.54, 1.807) is 0 Å². The third kappa shape index (κ3) is 3.09. The van der Waals surface area contributed by atoms with Gasteiger partial charge in [0.2, 0.25) is 11.8 Å². The average Bonchev–Trinajstić information content (AvgIpc) is 3.10. The maximum absolute atomic E-state index is 13.7. The second kappa shape index (κ2) is 6.24. The summed E-state index contributed by atoms with van der Waals surface area (Å²) in [6.07, 6.45) is 4.53. The molecule has 1 aliphatic heterocycles. The molecule has 0 spiro atoms. The van der Waals surface area contributed by atoms with Crippen molar-refractivity contribution in [3.8, 4) is 0 Å². The number of anilines is 1. The highest BCUT2D eigenvalue weighted by molar-refractivity contribution is 6.30. The van der Waals surface area contributed by atoms with E-state index in [0.29, 0.717) is 6.54 Å². The first-order valence-corrected chi connectivity index (χ1v) is 7.98. The Morgan fingerprint density at radius 1 is 1.32 bits per heavy atom. The van der Waals surface area contributed by atoms with Gasteiger partial charge in [-0.2, -0.15) is 0 Å². The van der Waals surface area contributed by atoms with Gasteiger partial charge in [0.05, 0.1) is 11.6 Å². The standard InChI is InChI=1S/C16H18ClFN2O2/c17-11-5-6-14(13(18)8-11)19-16(22)10-7-15(21)20(9-10)12-3-1-2-4-12/h5-6,8,10,12H,1-4,7,9H2,(H,19,22)/t10-/m1/s1. The summed E-state index contributed by atoms with van der Waals surface area (Å²) < 4.78 is 13.7. The van der Waals surface area contributed by atoms with Crippen LogP contribution in [-0.4, -0.2) is 29.3 Å². The second-order valence-corrected chi connectivity index (χ2v) is 6.44. The number of halogens is 2. The SMILES string of the molecule is O=C(Nc1ccc(Cl)cc1F)[C@@H]1CC(=O)N(C2CCCC2)C1. The predicted molar refractivity (Wildman–Crippen MR) is 82.1 cm³/mol. The Labute approximate surface area is 133 Å². The maximum atomic E-state index is 13.7. The van der Waals surface area contributed by atoms with Crippen LogP contribution in [0.4, 0.5) is 10.1 Å². The van der Waals surface area contributed by atoms with Crippen molar-refractivity contribution < 1.29 is 14.0 Å². The zero-order chi connectivity index (χ0) is 15.7. The van der Waals surface area contributed by atoms with Gasteiger partial charge in [-0.05, 0) is 31.0 Å². The van der Waals surface area contributed by atoms with Crippen LogP contribution in [0.15, 0.2) is 18.2 Å². The zero-order valence-electron chi connectivity index (χ0n) is 12.1. The van der Waals surface area contributed by atoms with E-state index in [9.17, 15) is 14.0 Å². The van der Waals surface area contributed by atoms with Crippen molar-refractivity contribution >= 4 is 29.1 Å². The average molecular weight is 325 g/mol. The highest BCUT2D eigenvalue weighted by Crippen LogP contribution is 2.30. The highest BCUT2D eigenvalue weighted by Gasteiger charge is 2.38. The third-order valence-electron chi connectivity index (χ3n) is 4.48. The molecule has 0 aromatic heterocycles. The Morgan fingerprint density at radius 3 is 2.73 bits per heavy atom. The lowest BCUT2D eigenvalue weighted by molar-refractivity contribution is -0.129. The lowest BCUT2D eigenvalue weighted by atomic mass is 10.1. The Bertz CT molecular complexity index is 602. The second-order valence-electron chi connectivity index (χ2n) is 6.00. The number of carbonyl (C=O) groups excluding carboxylic acids is 2. The molecule has 118 valence electrons. The summed E-state index contributed by atoms with van der Waals surface area (Å²) >= 11 is 5.69. The molecule has 1 atom stereocenters. The molecule has 0 bridgehead atoms. The summed E-state index contributed by atoms with van der Waals surface area (Å²) in [5.74, 6) is -1.26. The van der Waals surface area contributed by atoms with Gasteiger partial charge in [0.25, 0.3) is 0 Å². The molecule has 4 nitrogen and oxygen atoms in total. The van der Waals surface area contributed by atoms with Gasteiger partial charge in [0.1, 0.15) is 5.82 Å². The normalized spacial score (nSPS) is 22.4. The number of nitrogens with zero attached hydrogens (tertiary/aromatic N) is 1. The number of hydrogen-bond donors (Lipinski definition) is 1. The van der Waals surface area contributed by atoms with E-state index in [4.69, 9.17) is 11.6 Å². The first-order chi connectivity index (χ1) is 10.5. The lowest BCUT2D eigenvalue weighted by Gasteiger charge is -2.23. The van der Waals surface area contributed by atoms with Gasteiger partial charge in [-0.3, -0.25) is 9.59 Å². The molecule has 22 heavy (non-hydrogen) atoms. The minimum atomic E-state index is -0.571. The number of benzene rings is 1. The number of hydrogen-bond acceptors (Lipinski definition) is 2. The predicted octanol–water partition coefficient (Wildman–Crippen LogP) is 3.21. The highest BCUT2D eigenvalue weighted by atomic mass is 35.5. The maximum Gasteiger partial charge on any atom is 0.229 e. The van der Waals surface area contributed by atoms with E-state index in [1.165, 1.54) is 12.1 Å². The molecule has 1 saturated carbocycles. The quantitative estimate of drug-likeness (QED) is 0.928. The van der Waals surface area contributed by atoms with Gasteiger partial charge in [0.15, 0.2) is 0 Å². The van der Waals surface area contributed by atoms with Gasteiger partial charge in [-0.25, -0.2) is 4.39 Å². The van der Waals surface area contributed by atoms with Crippen molar-refractivity contribution in [3.63, 3.8) is 0 Å². The molecular formula is C16H18ClFN2O2. The van der Waals surface area contributed by atoms with Crippen LogP contribution in [0.3, 0.4) is 0 Å².